The third-order valence-electron chi connectivity index (χ3n) is 4.59. The van der Waals surface area contributed by atoms with Gasteiger partial charge in [-0.25, -0.2) is 4.98 Å². The third kappa shape index (κ3) is 3.60. The lowest BCUT2D eigenvalue weighted by Gasteiger charge is -2.11. The van der Waals surface area contributed by atoms with Crippen molar-refractivity contribution in [1.82, 2.24) is 15.8 Å². The second-order valence-electron chi connectivity index (χ2n) is 6.52. The van der Waals surface area contributed by atoms with Crippen molar-refractivity contribution in [2.75, 3.05) is 7.11 Å². The largest absolute Gasteiger partial charge is 0.497 e. The summed E-state index contributed by atoms with van der Waals surface area (Å²) in [4.78, 5) is 29.2. The van der Waals surface area contributed by atoms with Gasteiger partial charge in [0, 0.05) is 16.9 Å². The van der Waals surface area contributed by atoms with Crippen LogP contribution in [0.2, 0.25) is 0 Å². The Bertz CT molecular complexity index is 1010. The number of hydrogen-bond acceptors (Lipinski definition) is 4. The van der Waals surface area contributed by atoms with E-state index in [-0.39, 0.29) is 17.7 Å². The molecule has 0 saturated heterocycles. The van der Waals surface area contributed by atoms with E-state index in [0.29, 0.717) is 16.8 Å². The zero-order valence-electron chi connectivity index (χ0n) is 14.9. The van der Waals surface area contributed by atoms with E-state index in [4.69, 9.17) is 4.74 Å². The Kier molecular flexibility index (Phi) is 4.46. The van der Waals surface area contributed by atoms with Crippen LogP contribution in [0.4, 0.5) is 0 Å². The number of amides is 2. The number of hydrogen-bond donors (Lipinski definition) is 2. The predicted octanol–water partition coefficient (Wildman–Crippen LogP) is 3.08. The van der Waals surface area contributed by atoms with Crippen LogP contribution in [-0.4, -0.2) is 23.9 Å². The highest BCUT2D eigenvalue weighted by atomic mass is 16.5. The molecule has 136 valence electrons. The lowest BCUT2D eigenvalue weighted by Crippen LogP contribution is -2.42. The van der Waals surface area contributed by atoms with Crippen molar-refractivity contribution in [2.45, 2.75) is 12.8 Å². The van der Waals surface area contributed by atoms with E-state index in [1.165, 1.54) is 0 Å². The smallest absolute Gasteiger partial charge is 0.270 e. The molecule has 1 heterocycles. The van der Waals surface area contributed by atoms with Gasteiger partial charge in [-0.3, -0.25) is 20.4 Å². The van der Waals surface area contributed by atoms with Gasteiger partial charge in [0.2, 0.25) is 5.91 Å². The van der Waals surface area contributed by atoms with E-state index in [1.807, 2.05) is 48.5 Å². The van der Waals surface area contributed by atoms with Gasteiger partial charge in [-0.05, 0) is 49.2 Å². The maximum atomic E-state index is 12.7. The van der Waals surface area contributed by atoms with E-state index in [9.17, 15) is 9.59 Å². The van der Waals surface area contributed by atoms with E-state index in [1.54, 1.807) is 13.2 Å². The number of aromatic nitrogens is 1. The van der Waals surface area contributed by atoms with E-state index >= 15 is 0 Å². The van der Waals surface area contributed by atoms with E-state index < -0.39 is 0 Å². The second-order valence-corrected chi connectivity index (χ2v) is 6.52. The molecule has 4 rings (SSSR count). The van der Waals surface area contributed by atoms with Crippen LogP contribution in [0.5, 0.6) is 5.75 Å². The summed E-state index contributed by atoms with van der Waals surface area (Å²) in [5, 5.41) is 0.730. The summed E-state index contributed by atoms with van der Waals surface area (Å²) in [6.45, 7) is 0. The van der Waals surface area contributed by atoms with E-state index in [2.05, 4.69) is 15.8 Å². The Balaban J connectivity index is 1.69. The molecule has 1 aromatic heterocycles. The normalized spacial score (nSPS) is 13.2. The van der Waals surface area contributed by atoms with Crippen LogP contribution in [0.25, 0.3) is 22.2 Å². The topological polar surface area (TPSA) is 80.3 Å². The molecule has 6 heteroatoms. The van der Waals surface area contributed by atoms with Gasteiger partial charge >= 0.3 is 0 Å². The summed E-state index contributed by atoms with van der Waals surface area (Å²) in [7, 11) is 1.61. The minimum absolute atomic E-state index is 0.0225. The zero-order chi connectivity index (χ0) is 18.8. The maximum absolute atomic E-state index is 12.7. The van der Waals surface area contributed by atoms with Gasteiger partial charge in [0.1, 0.15) is 5.75 Å². The molecule has 2 N–H and O–H groups in total. The fourth-order valence-electron chi connectivity index (χ4n) is 2.91. The fourth-order valence-corrected chi connectivity index (χ4v) is 2.91. The van der Waals surface area contributed by atoms with Crippen molar-refractivity contribution in [3.63, 3.8) is 0 Å². The summed E-state index contributed by atoms with van der Waals surface area (Å²) >= 11 is 0. The molecule has 0 bridgehead atoms. The number of ether oxygens (including phenoxy) is 1. The predicted molar refractivity (Wildman–Crippen MR) is 102 cm³/mol. The van der Waals surface area contributed by atoms with Gasteiger partial charge in [-0.2, -0.15) is 0 Å². The van der Waals surface area contributed by atoms with Crippen molar-refractivity contribution in [1.29, 1.82) is 0 Å². The summed E-state index contributed by atoms with van der Waals surface area (Å²) in [6, 6.07) is 16.7. The number of benzene rings is 2. The van der Waals surface area contributed by atoms with Gasteiger partial charge in [0.15, 0.2) is 0 Å². The Hall–Kier alpha value is -3.41. The van der Waals surface area contributed by atoms with E-state index in [0.717, 1.165) is 29.5 Å². The van der Waals surface area contributed by atoms with Crippen LogP contribution >= 0.6 is 0 Å². The number of hydrazine groups is 1. The highest BCUT2D eigenvalue weighted by Crippen LogP contribution is 2.29. The quantitative estimate of drug-likeness (QED) is 0.700. The fraction of sp³-hybridized carbons (Fsp3) is 0.190. The number of rotatable bonds is 4. The SMILES string of the molecule is COc1ccc(-c2cc(C(=O)NNC(=O)C3CC3)c3ccccc3n2)cc1. The number of methoxy groups -OCH3 is 1. The van der Waals surface area contributed by atoms with Gasteiger partial charge < -0.3 is 4.74 Å². The van der Waals surface area contributed by atoms with Gasteiger partial charge in [0.25, 0.3) is 5.91 Å². The van der Waals surface area contributed by atoms with Gasteiger partial charge in [-0.15, -0.1) is 0 Å². The average Bonchev–Trinajstić information content (AvgIpc) is 3.56. The summed E-state index contributed by atoms with van der Waals surface area (Å²) in [5.41, 5.74) is 7.75. The first-order valence-corrected chi connectivity index (χ1v) is 8.80. The molecule has 1 saturated carbocycles. The first-order chi connectivity index (χ1) is 13.2. The Morgan fingerprint density at radius 1 is 1.04 bits per heavy atom. The minimum Gasteiger partial charge on any atom is -0.497 e. The summed E-state index contributed by atoms with van der Waals surface area (Å²) in [5.74, 6) is 0.268. The summed E-state index contributed by atoms with van der Waals surface area (Å²) in [6.07, 6.45) is 1.75. The van der Waals surface area contributed by atoms with Gasteiger partial charge in [-0.1, -0.05) is 18.2 Å². The van der Waals surface area contributed by atoms with Crippen molar-refractivity contribution in [3.05, 3.63) is 60.2 Å². The first kappa shape index (κ1) is 17.0. The van der Waals surface area contributed by atoms with Crippen LogP contribution in [0.1, 0.15) is 23.2 Å². The monoisotopic (exact) mass is 361 g/mol. The minimum atomic E-state index is -0.364. The standard InChI is InChI=1S/C21H19N3O3/c1-27-15-10-8-13(9-11-15)19-12-17(16-4-2-3-5-18(16)22-19)21(26)24-23-20(25)14-6-7-14/h2-5,8-12,14H,6-7H2,1H3,(H,23,25)(H,24,26). The van der Waals surface area contributed by atoms with Crippen LogP contribution in [-0.2, 0) is 4.79 Å². The zero-order valence-corrected chi connectivity index (χ0v) is 14.9. The number of pyridine rings is 1. The highest BCUT2D eigenvalue weighted by molar-refractivity contribution is 6.07. The molecule has 0 spiro atoms. The molecule has 2 aromatic carbocycles. The number of nitrogens with one attached hydrogen (secondary N) is 2. The van der Waals surface area contributed by atoms with Crippen molar-refractivity contribution >= 4 is 22.7 Å². The third-order valence-corrected chi connectivity index (χ3v) is 4.59. The number of carbonyl (C=O) groups is 2. The molecular formula is C21H19N3O3. The van der Waals surface area contributed by atoms with Crippen molar-refractivity contribution < 1.29 is 14.3 Å². The second kappa shape index (κ2) is 7.07. The highest BCUT2D eigenvalue weighted by Gasteiger charge is 2.30. The number of para-hydroxylation sites is 1. The number of fused-ring (bicyclic) bond motifs is 1. The molecule has 6 nitrogen and oxygen atoms in total. The van der Waals surface area contributed by atoms with Gasteiger partial charge in [0.05, 0.1) is 23.9 Å². The molecule has 27 heavy (non-hydrogen) atoms. The number of carbonyl (C=O) groups excluding carboxylic acids is 2. The molecule has 0 radical (unpaired) electrons. The molecular weight excluding hydrogens is 342 g/mol. The first-order valence-electron chi connectivity index (χ1n) is 8.80. The molecule has 0 unspecified atom stereocenters. The molecule has 1 aliphatic rings. The van der Waals surface area contributed by atoms with Crippen LogP contribution in [0, 0.1) is 5.92 Å². The molecule has 3 aromatic rings. The lowest BCUT2D eigenvalue weighted by molar-refractivity contribution is -0.123. The molecule has 1 fully saturated rings. The van der Waals surface area contributed by atoms with Crippen molar-refractivity contribution in [3.8, 4) is 17.0 Å². The summed E-state index contributed by atoms with van der Waals surface area (Å²) < 4.78 is 5.19. The Labute approximate surface area is 156 Å². The van der Waals surface area contributed by atoms with Crippen LogP contribution in [0.3, 0.4) is 0 Å². The number of nitrogens with zero attached hydrogens (tertiary/aromatic N) is 1. The molecule has 0 aliphatic heterocycles. The maximum Gasteiger partial charge on any atom is 0.270 e. The van der Waals surface area contributed by atoms with Crippen molar-refractivity contribution in [2.24, 2.45) is 5.92 Å². The van der Waals surface area contributed by atoms with Crippen LogP contribution < -0.4 is 15.6 Å². The van der Waals surface area contributed by atoms with Crippen LogP contribution in [0.15, 0.2) is 54.6 Å². The molecule has 1 aliphatic carbocycles. The molecule has 0 atom stereocenters. The Morgan fingerprint density at radius 3 is 2.48 bits per heavy atom. The Morgan fingerprint density at radius 2 is 1.78 bits per heavy atom. The average molecular weight is 361 g/mol. The lowest BCUT2D eigenvalue weighted by atomic mass is 10.0. The molecule has 2 amide bonds.